The molecule has 2 saturated heterocycles. The fourth-order valence-corrected chi connectivity index (χ4v) is 4.38. The van der Waals surface area contributed by atoms with Gasteiger partial charge in [-0.2, -0.15) is 0 Å². The number of cyclic esters (lactones) is 1. The summed E-state index contributed by atoms with van der Waals surface area (Å²) in [4.78, 5) is 36.0. The Morgan fingerprint density at radius 3 is 2.76 bits per heavy atom. The second kappa shape index (κ2) is 3.53. The molecule has 2 aliphatic carbocycles. The van der Waals surface area contributed by atoms with Crippen LogP contribution in [0.2, 0.25) is 0 Å². The van der Waals surface area contributed by atoms with Crippen molar-refractivity contribution in [2.45, 2.75) is 31.2 Å². The minimum atomic E-state index is -1.96. The van der Waals surface area contributed by atoms with Gasteiger partial charge in [0.05, 0.1) is 5.92 Å². The van der Waals surface area contributed by atoms with Crippen molar-refractivity contribution in [3.05, 3.63) is 11.6 Å². The fourth-order valence-electron chi connectivity index (χ4n) is 4.38. The summed E-state index contributed by atoms with van der Waals surface area (Å²) in [5.74, 6) is -3.34. The molecular weight excluding hydrogens is 280 g/mol. The van der Waals surface area contributed by atoms with Gasteiger partial charge in [0.1, 0.15) is 12.7 Å². The number of carbonyl (C=O) groups is 3. The van der Waals surface area contributed by atoms with Crippen LogP contribution in [0.4, 0.5) is 0 Å². The minimum Gasteiger partial charge on any atom is -0.463 e. The Balaban J connectivity index is 1.96. The fraction of sp³-hybridized carbons (Fsp3) is 0.643. The number of hydrogen-bond acceptors (Lipinski definition) is 7. The normalized spacial score (nSPS) is 51.0. The van der Waals surface area contributed by atoms with Gasteiger partial charge in [-0.15, -0.1) is 0 Å². The number of carbonyl (C=O) groups excluding carboxylic acids is 3. The quantitative estimate of drug-likeness (QED) is 0.535. The average molecular weight is 294 g/mol. The Bertz CT molecular complexity index is 623. The second-order valence-corrected chi connectivity index (χ2v) is 6.27. The number of ether oxygens (including phenoxy) is 2. The van der Waals surface area contributed by atoms with Crippen LogP contribution in [0.15, 0.2) is 11.6 Å². The van der Waals surface area contributed by atoms with Gasteiger partial charge in [0.25, 0.3) is 0 Å². The van der Waals surface area contributed by atoms with Gasteiger partial charge in [-0.05, 0) is 11.6 Å². The molecule has 0 aromatic carbocycles. The van der Waals surface area contributed by atoms with E-state index in [2.05, 4.69) is 0 Å². The molecule has 7 nitrogen and oxygen atoms in total. The van der Waals surface area contributed by atoms with Gasteiger partial charge in [0, 0.05) is 17.8 Å². The van der Waals surface area contributed by atoms with E-state index < -0.39 is 47.0 Å². The molecule has 2 N–H and O–H groups in total. The largest absolute Gasteiger partial charge is 0.463 e. The van der Waals surface area contributed by atoms with Crippen LogP contribution in [0.1, 0.15) is 13.3 Å². The smallest absolute Gasteiger partial charge is 0.342 e. The maximum Gasteiger partial charge on any atom is 0.342 e. The van der Waals surface area contributed by atoms with Crippen LogP contribution < -0.4 is 0 Å². The highest BCUT2D eigenvalue weighted by molar-refractivity contribution is 5.99. The van der Waals surface area contributed by atoms with Crippen LogP contribution in [0.5, 0.6) is 0 Å². The highest BCUT2D eigenvalue weighted by Crippen LogP contribution is 2.62. The molecule has 1 saturated carbocycles. The summed E-state index contributed by atoms with van der Waals surface area (Å²) in [7, 11) is 0. The van der Waals surface area contributed by atoms with Crippen molar-refractivity contribution < 1.29 is 34.1 Å². The molecule has 21 heavy (non-hydrogen) atoms. The molecule has 112 valence electrons. The van der Waals surface area contributed by atoms with Crippen LogP contribution in [0.3, 0.4) is 0 Å². The number of aliphatic hydroxyl groups excluding tert-OH is 1. The minimum absolute atomic E-state index is 0.0424. The van der Waals surface area contributed by atoms with E-state index in [9.17, 15) is 24.6 Å². The first-order valence-corrected chi connectivity index (χ1v) is 6.87. The Labute approximate surface area is 119 Å². The molecule has 4 aliphatic rings. The molecule has 3 fully saturated rings. The zero-order chi connectivity index (χ0) is 15.2. The lowest BCUT2D eigenvalue weighted by Gasteiger charge is -2.54. The lowest BCUT2D eigenvalue weighted by molar-refractivity contribution is -0.222. The Kier molecular flexibility index (Phi) is 2.18. The number of esters is 2. The van der Waals surface area contributed by atoms with Gasteiger partial charge in [0.2, 0.25) is 5.60 Å². The Hall–Kier alpha value is -1.73. The van der Waals surface area contributed by atoms with E-state index in [1.807, 2.05) is 0 Å². The third-order valence-corrected chi connectivity index (χ3v) is 5.63. The van der Waals surface area contributed by atoms with Gasteiger partial charge in [-0.1, -0.05) is 6.92 Å². The molecule has 0 radical (unpaired) electrons. The van der Waals surface area contributed by atoms with Crippen LogP contribution in [0.25, 0.3) is 0 Å². The van der Waals surface area contributed by atoms with E-state index in [1.165, 1.54) is 6.08 Å². The molecular formula is C14H14O7. The van der Waals surface area contributed by atoms with E-state index >= 15 is 0 Å². The third kappa shape index (κ3) is 1.17. The number of allylic oxidation sites excluding steroid dienone is 1. The van der Waals surface area contributed by atoms with Gasteiger partial charge in [0.15, 0.2) is 11.9 Å². The molecule has 6 atom stereocenters. The van der Waals surface area contributed by atoms with E-state index in [1.54, 1.807) is 6.92 Å². The van der Waals surface area contributed by atoms with Crippen molar-refractivity contribution >= 4 is 17.7 Å². The van der Waals surface area contributed by atoms with Crippen molar-refractivity contribution in [2.75, 3.05) is 6.61 Å². The van der Waals surface area contributed by atoms with Crippen LogP contribution >= 0.6 is 0 Å². The molecule has 4 rings (SSSR count). The highest BCUT2D eigenvalue weighted by Gasteiger charge is 2.74. The van der Waals surface area contributed by atoms with Gasteiger partial charge in [-0.25, -0.2) is 9.59 Å². The summed E-state index contributed by atoms with van der Waals surface area (Å²) < 4.78 is 10.0. The molecule has 1 spiro atoms. The maximum atomic E-state index is 12.1. The van der Waals surface area contributed by atoms with Crippen molar-refractivity contribution in [1.29, 1.82) is 0 Å². The number of aliphatic hydroxyl groups is 2. The topological polar surface area (TPSA) is 110 Å². The standard InChI is InChI=1S/C14H14O7/c1-5-8(15)2-6-7-4-20-12(18)14(7,19)9-3-13(5,6)10(16)11(17)21-9/h2,5,7,9-10,16,19H,3-4H2,1H3/t5-,7?,9+,10+,13+,14+/m0/s1. The molecule has 0 aromatic rings. The summed E-state index contributed by atoms with van der Waals surface area (Å²) in [5.41, 5.74) is -2.62. The average Bonchev–Trinajstić information content (AvgIpc) is 2.87. The molecule has 1 unspecified atom stereocenters. The zero-order valence-electron chi connectivity index (χ0n) is 11.2. The predicted octanol–water partition coefficient (Wildman–Crippen LogP) is -1.29. The summed E-state index contributed by atoms with van der Waals surface area (Å²) in [6.07, 6.45) is -1.18. The number of fused-ring (bicyclic) bond motifs is 4. The molecule has 0 amide bonds. The van der Waals surface area contributed by atoms with Crippen LogP contribution in [-0.2, 0) is 23.9 Å². The Morgan fingerprint density at radius 2 is 2.05 bits per heavy atom. The Morgan fingerprint density at radius 1 is 1.33 bits per heavy atom. The predicted molar refractivity (Wildman–Crippen MR) is 64.6 cm³/mol. The van der Waals surface area contributed by atoms with E-state index in [0.717, 1.165) is 0 Å². The summed E-state index contributed by atoms with van der Waals surface area (Å²) in [6, 6.07) is 0. The molecule has 0 aromatic heterocycles. The van der Waals surface area contributed by atoms with Crippen molar-refractivity contribution in [3.8, 4) is 0 Å². The molecule has 7 heteroatoms. The van der Waals surface area contributed by atoms with Gasteiger partial charge in [-0.3, -0.25) is 4.79 Å². The third-order valence-electron chi connectivity index (χ3n) is 5.63. The number of hydrogen-bond donors (Lipinski definition) is 2. The van der Waals surface area contributed by atoms with Crippen LogP contribution in [0, 0.1) is 17.3 Å². The lowest BCUT2D eigenvalue weighted by atomic mass is 9.54. The number of ketones is 1. The maximum absolute atomic E-state index is 12.1. The second-order valence-electron chi connectivity index (χ2n) is 6.27. The number of rotatable bonds is 0. The first kappa shape index (κ1) is 13.0. The van der Waals surface area contributed by atoms with Crippen molar-refractivity contribution in [2.24, 2.45) is 17.3 Å². The van der Waals surface area contributed by atoms with E-state index in [0.29, 0.717) is 5.57 Å². The van der Waals surface area contributed by atoms with Crippen LogP contribution in [-0.4, -0.2) is 52.4 Å². The summed E-state index contributed by atoms with van der Waals surface area (Å²) in [6.45, 7) is 1.57. The SMILES string of the molecule is C[C@H]1C(=O)C=C2C3COC(=O)[C@]3(O)[C@H]3C[C@]21[C@H](O)C(=O)O3. The zero-order valence-corrected chi connectivity index (χ0v) is 11.2. The molecule has 2 bridgehead atoms. The lowest BCUT2D eigenvalue weighted by Crippen LogP contribution is -2.68. The monoisotopic (exact) mass is 294 g/mol. The summed E-state index contributed by atoms with van der Waals surface area (Å²) in [5, 5.41) is 21.1. The van der Waals surface area contributed by atoms with Gasteiger partial charge < -0.3 is 19.7 Å². The van der Waals surface area contributed by atoms with Crippen molar-refractivity contribution in [3.63, 3.8) is 0 Å². The van der Waals surface area contributed by atoms with E-state index in [-0.39, 0.29) is 18.8 Å². The first-order valence-electron chi connectivity index (χ1n) is 6.87. The molecule has 2 heterocycles. The first-order chi connectivity index (χ1) is 9.83. The van der Waals surface area contributed by atoms with E-state index in [4.69, 9.17) is 9.47 Å². The summed E-state index contributed by atoms with van der Waals surface area (Å²) >= 11 is 0. The van der Waals surface area contributed by atoms with Gasteiger partial charge >= 0.3 is 11.9 Å². The van der Waals surface area contributed by atoms with Crippen molar-refractivity contribution in [1.82, 2.24) is 0 Å². The highest BCUT2D eigenvalue weighted by atomic mass is 16.6. The molecule has 2 aliphatic heterocycles.